The van der Waals surface area contributed by atoms with Gasteiger partial charge in [-0.3, -0.25) is 8.37 Å². The van der Waals surface area contributed by atoms with Crippen molar-refractivity contribution in [3.8, 4) is 0 Å². The summed E-state index contributed by atoms with van der Waals surface area (Å²) in [4.78, 5) is -0.354. The summed E-state index contributed by atoms with van der Waals surface area (Å²) in [6.07, 6.45) is -1.12. The zero-order valence-corrected chi connectivity index (χ0v) is 16.8. The molecule has 0 N–H and O–H groups in total. The molecule has 0 bridgehead atoms. The SMILES string of the molecule is C[C@@H](CC[C@H](C)OS(=O)(=O)c1ccc(F)cc1)OS(=O)(=O)c1ccc(F)cc1. The molecule has 0 saturated carbocycles. The van der Waals surface area contributed by atoms with Crippen LogP contribution in [-0.4, -0.2) is 29.0 Å². The molecule has 2 aromatic carbocycles. The van der Waals surface area contributed by atoms with E-state index in [1.54, 1.807) is 0 Å². The van der Waals surface area contributed by atoms with Crippen LogP contribution >= 0.6 is 0 Å². The van der Waals surface area contributed by atoms with Crippen molar-refractivity contribution in [2.24, 2.45) is 0 Å². The predicted octanol–water partition coefficient (Wildman–Crippen LogP) is 3.63. The van der Waals surface area contributed by atoms with Crippen LogP contribution < -0.4 is 0 Å². The highest BCUT2D eigenvalue weighted by Gasteiger charge is 2.22. The number of halogens is 2. The van der Waals surface area contributed by atoms with Crippen molar-refractivity contribution in [3.05, 3.63) is 60.2 Å². The minimum atomic E-state index is -4.07. The maximum absolute atomic E-state index is 12.9. The van der Waals surface area contributed by atoms with Gasteiger partial charge in [0.25, 0.3) is 20.2 Å². The molecule has 0 aliphatic rings. The second kappa shape index (κ2) is 9.08. The predicted molar refractivity (Wildman–Crippen MR) is 97.5 cm³/mol. The Balaban J connectivity index is 1.90. The highest BCUT2D eigenvalue weighted by atomic mass is 32.2. The van der Waals surface area contributed by atoms with E-state index in [1.807, 2.05) is 0 Å². The summed E-state index contributed by atoms with van der Waals surface area (Å²) in [6, 6.07) is 8.43. The summed E-state index contributed by atoms with van der Waals surface area (Å²) in [5.74, 6) is -1.14. The molecule has 6 nitrogen and oxygen atoms in total. The van der Waals surface area contributed by atoms with E-state index in [2.05, 4.69) is 0 Å². The summed E-state index contributed by atoms with van der Waals surface area (Å²) in [5, 5.41) is 0. The summed E-state index contributed by atoms with van der Waals surface area (Å²) < 4.78 is 84.5. The zero-order chi connectivity index (χ0) is 20.9. The molecule has 2 aromatic rings. The average molecular weight is 434 g/mol. The first-order valence-corrected chi connectivity index (χ1v) is 11.2. The second-order valence-corrected chi connectivity index (χ2v) is 9.35. The summed E-state index contributed by atoms with van der Waals surface area (Å²) in [5.41, 5.74) is 0. The van der Waals surface area contributed by atoms with Crippen LogP contribution in [0.15, 0.2) is 58.3 Å². The van der Waals surface area contributed by atoms with E-state index in [1.165, 1.54) is 13.8 Å². The van der Waals surface area contributed by atoms with Gasteiger partial charge in [0.2, 0.25) is 0 Å². The summed E-state index contributed by atoms with van der Waals surface area (Å²) >= 11 is 0. The third-order valence-corrected chi connectivity index (χ3v) is 6.63. The quantitative estimate of drug-likeness (QED) is 0.560. The van der Waals surface area contributed by atoms with E-state index in [9.17, 15) is 25.6 Å². The van der Waals surface area contributed by atoms with Gasteiger partial charge in [0, 0.05) is 0 Å². The van der Waals surface area contributed by atoms with Gasteiger partial charge in [0.1, 0.15) is 11.6 Å². The molecule has 0 heterocycles. The first-order chi connectivity index (χ1) is 13.0. The Morgan fingerprint density at radius 1 is 0.679 bits per heavy atom. The van der Waals surface area contributed by atoms with Gasteiger partial charge < -0.3 is 0 Å². The lowest BCUT2D eigenvalue weighted by Crippen LogP contribution is -2.20. The van der Waals surface area contributed by atoms with Crippen molar-refractivity contribution in [1.29, 1.82) is 0 Å². The Morgan fingerprint density at radius 3 is 1.25 bits per heavy atom. The molecule has 28 heavy (non-hydrogen) atoms. The summed E-state index contributed by atoms with van der Waals surface area (Å²) in [6.45, 7) is 3.03. The van der Waals surface area contributed by atoms with E-state index >= 15 is 0 Å². The van der Waals surface area contributed by atoms with Crippen LogP contribution in [0.1, 0.15) is 26.7 Å². The van der Waals surface area contributed by atoms with Gasteiger partial charge in [-0.15, -0.1) is 0 Å². The minimum absolute atomic E-state index is 0.177. The van der Waals surface area contributed by atoms with Crippen LogP contribution in [0.25, 0.3) is 0 Å². The molecule has 0 aliphatic heterocycles. The van der Waals surface area contributed by atoms with Crippen molar-refractivity contribution < 1.29 is 34.0 Å². The minimum Gasteiger partial charge on any atom is -0.263 e. The van der Waals surface area contributed by atoms with Crippen LogP contribution in [-0.2, 0) is 28.6 Å². The lowest BCUT2D eigenvalue weighted by molar-refractivity contribution is 0.168. The first-order valence-electron chi connectivity index (χ1n) is 8.37. The average Bonchev–Trinajstić information content (AvgIpc) is 2.60. The lowest BCUT2D eigenvalue weighted by Gasteiger charge is -2.17. The molecule has 2 atom stereocenters. The standard InChI is InChI=1S/C18H20F2O6S2/c1-13(25-27(21,22)17-9-5-15(19)6-10-17)3-4-14(2)26-28(23,24)18-11-7-16(20)8-12-18/h5-14H,3-4H2,1-2H3/t13-,14-/m0/s1. The highest BCUT2D eigenvalue weighted by Crippen LogP contribution is 2.20. The van der Waals surface area contributed by atoms with Gasteiger partial charge in [0.05, 0.1) is 22.0 Å². The number of rotatable bonds is 9. The van der Waals surface area contributed by atoms with Crippen molar-refractivity contribution in [2.75, 3.05) is 0 Å². The Morgan fingerprint density at radius 2 is 0.964 bits per heavy atom. The maximum Gasteiger partial charge on any atom is 0.297 e. The number of benzene rings is 2. The van der Waals surface area contributed by atoms with Gasteiger partial charge in [-0.05, 0) is 75.2 Å². The van der Waals surface area contributed by atoms with Crippen LogP contribution in [0, 0.1) is 11.6 Å². The van der Waals surface area contributed by atoms with E-state index in [0.717, 1.165) is 48.5 Å². The zero-order valence-electron chi connectivity index (χ0n) is 15.2. The first kappa shape index (κ1) is 22.4. The smallest absolute Gasteiger partial charge is 0.263 e. The van der Waals surface area contributed by atoms with Gasteiger partial charge in [-0.1, -0.05) is 0 Å². The molecule has 154 valence electrons. The molecule has 0 unspecified atom stereocenters. The molecule has 0 aliphatic carbocycles. The Kier molecular flexibility index (Phi) is 7.27. The van der Waals surface area contributed by atoms with Crippen LogP contribution in [0.4, 0.5) is 8.78 Å². The lowest BCUT2D eigenvalue weighted by atomic mass is 10.1. The summed E-state index contributed by atoms with van der Waals surface area (Å²) in [7, 11) is -8.14. The monoisotopic (exact) mass is 434 g/mol. The third-order valence-electron chi connectivity index (χ3n) is 3.77. The van der Waals surface area contributed by atoms with Crippen molar-refractivity contribution >= 4 is 20.2 Å². The maximum atomic E-state index is 12.9. The fraction of sp³-hybridized carbons (Fsp3) is 0.333. The van der Waals surface area contributed by atoms with Gasteiger partial charge in [-0.2, -0.15) is 16.8 Å². The van der Waals surface area contributed by atoms with E-state index in [0.29, 0.717) is 0 Å². The van der Waals surface area contributed by atoms with Crippen molar-refractivity contribution in [1.82, 2.24) is 0 Å². The van der Waals surface area contributed by atoms with Gasteiger partial charge in [-0.25, -0.2) is 8.78 Å². The van der Waals surface area contributed by atoms with Crippen LogP contribution in [0.2, 0.25) is 0 Å². The Hall–Kier alpha value is -1.88. The number of hydrogen-bond acceptors (Lipinski definition) is 6. The van der Waals surface area contributed by atoms with Gasteiger partial charge in [0.15, 0.2) is 0 Å². The molecule has 0 amide bonds. The van der Waals surface area contributed by atoms with E-state index in [-0.39, 0.29) is 22.6 Å². The molecule has 10 heteroatoms. The fourth-order valence-corrected chi connectivity index (χ4v) is 4.53. The van der Waals surface area contributed by atoms with E-state index in [4.69, 9.17) is 8.37 Å². The molecular weight excluding hydrogens is 414 g/mol. The molecule has 0 fully saturated rings. The van der Waals surface area contributed by atoms with Crippen molar-refractivity contribution in [2.45, 2.75) is 48.7 Å². The normalized spacial score (nSPS) is 14.6. The molecule has 0 saturated heterocycles. The molecule has 0 aromatic heterocycles. The van der Waals surface area contributed by atoms with Gasteiger partial charge >= 0.3 is 0 Å². The Bertz CT molecular complexity index is 904. The topological polar surface area (TPSA) is 86.7 Å². The highest BCUT2D eigenvalue weighted by molar-refractivity contribution is 7.87. The molecule has 2 rings (SSSR count). The van der Waals surface area contributed by atoms with E-state index < -0.39 is 44.1 Å². The van der Waals surface area contributed by atoms with Crippen LogP contribution in [0.3, 0.4) is 0 Å². The third kappa shape index (κ3) is 6.33. The molecular formula is C18H20F2O6S2. The second-order valence-electron chi connectivity index (χ2n) is 6.21. The number of hydrogen-bond donors (Lipinski definition) is 0. The largest absolute Gasteiger partial charge is 0.297 e. The van der Waals surface area contributed by atoms with Crippen molar-refractivity contribution in [3.63, 3.8) is 0 Å². The molecule has 0 spiro atoms. The van der Waals surface area contributed by atoms with Crippen LogP contribution in [0.5, 0.6) is 0 Å². The molecule has 0 radical (unpaired) electrons. The Labute approximate surface area is 163 Å². The fourth-order valence-electron chi connectivity index (χ4n) is 2.31.